The number of benzene rings is 1. The lowest BCUT2D eigenvalue weighted by molar-refractivity contribution is -0.131. The predicted octanol–water partition coefficient (Wildman–Crippen LogP) is 5.23. The fourth-order valence-corrected chi connectivity index (χ4v) is 4.70. The summed E-state index contributed by atoms with van der Waals surface area (Å²) in [5.74, 6) is -0.888. The molecule has 7 heteroatoms. The minimum Gasteiger partial charge on any atom is -0.446 e. The molecule has 2 fully saturated rings. The van der Waals surface area contributed by atoms with Gasteiger partial charge in [-0.2, -0.15) is 0 Å². The Bertz CT molecular complexity index is 829. The van der Waals surface area contributed by atoms with Gasteiger partial charge in [-0.3, -0.25) is 9.69 Å². The number of amides is 2. The zero-order valence-corrected chi connectivity index (χ0v) is 21.0. The largest absolute Gasteiger partial charge is 0.446 e. The van der Waals surface area contributed by atoms with Gasteiger partial charge in [-0.25, -0.2) is 9.59 Å². The first kappa shape index (κ1) is 26.0. The summed E-state index contributed by atoms with van der Waals surface area (Å²) in [4.78, 5) is 40.9. The van der Waals surface area contributed by atoms with Crippen molar-refractivity contribution >= 4 is 18.0 Å². The second-order valence-electron chi connectivity index (χ2n) is 10.5. The van der Waals surface area contributed by atoms with Gasteiger partial charge < -0.3 is 14.8 Å². The topological polar surface area (TPSA) is 84.7 Å². The molecular formula is C27H40N2O5. The first-order valence-corrected chi connectivity index (χ1v) is 12.8. The van der Waals surface area contributed by atoms with E-state index in [1.165, 1.54) is 6.42 Å². The number of hydrogen-bond acceptors (Lipinski definition) is 5. The number of rotatable bonds is 9. The molecule has 2 amide bonds. The van der Waals surface area contributed by atoms with Crippen LogP contribution in [0.5, 0.6) is 0 Å². The van der Waals surface area contributed by atoms with Crippen molar-refractivity contribution in [1.82, 2.24) is 10.2 Å². The van der Waals surface area contributed by atoms with Gasteiger partial charge in [-0.05, 0) is 52.2 Å². The van der Waals surface area contributed by atoms with E-state index in [-0.39, 0.29) is 18.0 Å². The Kier molecular flexibility index (Phi) is 8.97. The van der Waals surface area contributed by atoms with E-state index in [2.05, 4.69) is 12.2 Å². The van der Waals surface area contributed by atoms with E-state index in [1.54, 1.807) is 29.2 Å². The van der Waals surface area contributed by atoms with E-state index in [9.17, 15) is 14.4 Å². The number of carbonyl (C=O) groups excluding carboxylic acids is 3. The maximum Gasteiger partial charge on any atom is 0.411 e. The van der Waals surface area contributed by atoms with Crippen molar-refractivity contribution in [2.75, 3.05) is 0 Å². The van der Waals surface area contributed by atoms with Gasteiger partial charge in [0.1, 0.15) is 11.6 Å². The molecule has 0 bridgehead atoms. The van der Waals surface area contributed by atoms with Gasteiger partial charge in [0.25, 0.3) is 5.91 Å². The van der Waals surface area contributed by atoms with Crippen LogP contribution in [0.4, 0.5) is 4.79 Å². The summed E-state index contributed by atoms with van der Waals surface area (Å²) in [7, 11) is 0. The third-order valence-electron chi connectivity index (χ3n) is 6.45. The number of nitrogens with zero attached hydrogens (tertiary/aromatic N) is 1. The van der Waals surface area contributed by atoms with Gasteiger partial charge in [0.05, 0.1) is 11.6 Å². The molecule has 188 valence electrons. The van der Waals surface area contributed by atoms with Crippen LogP contribution in [-0.4, -0.2) is 52.7 Å². The molecule has 34 heavy (non-hydrogen) atoms. The van der Waals surface area contributed by atoms with Crippen LogP contribution in [0.2, 0.25) is 0 Å². The Balaban J connectivity index is 1.80. The Morgan fingerprint density at radius 1 is 1.06 bits per heavy atom. The molecule has 1 aromatic carbocycles. The van der Waals surface area contributed by atoms with E-state index < -0.39 is 29.8 Å². The van der Waals surface area contributed by atoms with Gasteiger partial charge in [0, 0.05) is 6.04 Å². The third kappa shape index (κ3) is 7.21. The lowest BCUT2D eigenvalue weighted by Gasteiger charge is -2.26. The zero-order chi connectivity index (χ0) is 24.7. The number of nitrogens with one attached hydrogen (secondary N) is 1. The highest BCUT2D eigenvalue weighted by Crippen LogP contribution is 2.38. The summed E-state index contributed by atoms with van der Waals surface area (Å²) in [5, 5.41) is 3.10. The fourth-order valence-electron chi connectivity index (χ4n) is 4.70. The number of hydrogen-bond donors (Lipinski definition) is 1. The number of esters is 1. The second kappa shape index (κ2) is 11.7. The molecule has 0 unspecified atom stereocenters. The standard InChI is InChI=1S/C27H40N2O5/c1-5-6-9-18-21-22(29(21)26(32)34-27(2,3)4)23(24(30)28-20-16-12-8-13-17-20)33-25(31)19-14-10-7-11-15-19/h7,10-11,14-15,20-23H,5-6,8-9,12-13,16-18H2,1-4H3,(H,28,30)/t21-,22+,23+,29?/m1/s1. The highest BCUT2D eigenvalue weighted by Gasteiger charge is 2.59. The van der Waals surface area contributed by atoms with Crippen molar-refractivity contribution in [2.24, 2.45) is 0 Å². The van der Waals surface area contributed by atoms with Crippen LogP contribution in [0, 0.1) is 0 Å². The number of unbranched alkanes of at least 4 members (excludes halogenated alkanes) is 2. The van der Waals surface area contributed by atoms with E-state index in [0.717, 1.165) is 51.4 Å². The molecule has 1 saturated carbocycles. The average molecular weight is 473 g/mol. The minimum atomic E-state index is -1.08. The summed E-state index contributed by atoms with van der Waals surface area (Å²) in [5.41, 5.74) is -0.274. The first-order valence-electron chi connectivity index (χ1n) is 12.8. The molecule has 0 spiro atoms. The summed E-state index contributed by atoms with van der Waals surface area (Å²) < 4.78 is 11.4. The molecule has 1 aliphatic carbocycles. The van der Waals surface area contributed by atoms with E-state index in [0.29, 0.717) is 5.56 Å². The lowest BCUT2D eigenvalue weighted by atomic mass is 9.95. The van der Waals surface area contributed by atoms with E-state index in [1.807, 2.05) is 26.8 Å². The molecule has 1 N–H and O–H groups in total. The molecule has 1 aliphatic heterocycles. The van der Waals surface area contributed by atoms with Crippen molar-refractivity contribution in [2.45, 2.75) is 115 Å². The predicted molar refractivity (Wildman–Crippen MR) is 130 cm³/mol. The van der Waals surface area contributed by atoms with E-state index in [4.69, 9.17) is 9.47 Å². The Morgan fingerprint density at radius 2 is 1.74 bits per heavy atom. The highest BCUT2D eigenvalue weighted by molar-refractivity contribution is 5.93. The van der Waals surface area contributed by atoms with Gasteiger partial charge in [-0.15, -0.1) is 0 Å². The molecule has 0 radical (unpaired) electrons. The SMILES string of the molecule is CCCCC[C@@H]1[C@@H]([C@H](OC(=O)c2ccccc2)C(=O)NC2CCCCC2)N1C(=O)OC(C)(C)C. The van der Waals surface area contributed by atoms with Gasteiger partial charge in [0.15, 0.2) is 0 Å². The van der Waals surface area contributed by atoms with Crippen molar-refractivity contribution in [3.05, 3.63) is 35.9 Å². The monoisotopic (exact) mass is 472 g/mol. The molecule has 1 heterocycles. The summed E-state index contributed by atoms with van der Waals surface area (Å²) in [6, 6.07) is 8.02. The average Bonchev–Trinajstić information content (AvgIpc) is 3.51. The van der Waals surface area contributed by atoms with E-state index >= 15 is 0 Å². The van der Waals surface area contributed by atoms with Crippen molar-refractivity contribution in [3.8, 4) is 0 Å². The van der Waals surface area contributed by atoms with Crippen LogP contribution in [0.15, 0.2) is 30.3 Å². The van der Waals surface area contributed by atoms with Crippen LogP contribution in [0.25, 0.3) is 0 Å². The van der Waals surface area contributed by atoms with Crippen molar-refractivity contribution in [3.63, 3.8) is 0 Å². The molecule has 2 aliphatic rings. The molecule has 1 aromatic rings. The fraction of sp³-hybridized carbons (Fsp3) is 0.667. The molecule has 3 atom stereocenters. The minimum absolute atomic E-state index is 0.0754. The van der Waals surface area contributed by atoms with Crippen molar-refractivity contribution in [1.29, 1.82) is 0 Å². The quantitative estimate of drug-likeness (QED) is 0.302. The Hall–Kier alpha value is -2.57. The molecule has 0 aromatic heterocycles. The maximum atomic E-state index is 13.4. The lowest BCUT2D eigenvalue weighted by Crippen LogP contribution is -2.47. The van der Waals surface area contributed by atoms with Crippen LogP contribution in [-0.2, 0) is 14.3 Å². The Morgan fingerprint density at radius 3 is 2.35 bits per heavy atom. The summed E-state index contributed by atoms with van der Waals surface area (Å²) in [6.45, 7) is 7.58. The number of ether oxygens (including phenoxy) is 2. The highest BCUT2D eigenvalue weighted by atomic mass is 16.6. The molecule has 3 rings (SSSR count). The maximum absolute atomic E-state index is 13.4. The third-order valence-corrected chi connectivity index (χ3v) is 6.45. The summed E-state index contributed by atoms with van der Waals surface area (Å²) >= 11 is 0. The normalized spacial score (nSPS) is 21.5. The van der Waals surface area contributed by atoms with Gasteiger partial charge >= 0.3 is 12.1 Å². The second-order valence-corrected chi connectivity index (χ2v) is 10.5. The zero-order valence-electron chi connectivity index (χ0n) is 21.0. The van der Waals surface area contributed by atoms with Crippen molar-refractivity contribution < 1.29 is 23.9 Å². The Labute approximate surface area is 203 Å². The molecule has 7 nitrogen and oxygen atoms in total. The summed E-state index contributed by atoms with van der Waals surface area (Å²) in [6.07, 6.45) is 7.39. The van der Waals surface area contributed by atoms with Crippen LogP contribution in [0.1, 0.15) is 95.8 Å². The molecule has 1 saturated heterocycles. The molecular weight excluding hydrogens is 432 g/mol. The van der Waals surface area contributed by atoms with Crippen LogP contribution < -0.4 is 5.32 Å². The van der Waals surface area contributed by atoms with Gasteiger partial charge in [0.2, 0.25) is 6.10 Å². The van der Waals surface area contributed by atoms with Crippen LogP contribution in [0.3, 0.4) is 0 Å². The van der Waals surface area contributed by atoms with Crippen LogP contribution >= 0.6 is 0 Å². The van der Waals surface area contributed by atoms with Gasteiger partial charge in [-0.1, -0.05) is 63.6 Å². The number of carbonyl (C=O) groups is 3. The smallest absolute Gasteiger partial charge is 0.411 e. The first-order chi connectivity index (χ1) is 16.2.